The second kappa shape index (κ2) is 5.15. The van der Waals surface area contributed by atoms with Crippen molar-refractivity contribution >= 4 is 5.84 Å². The molecule has 0 aromatic heterocycles. The summed E-state index contributed by atoms with van der Waals surface area (Å²) >= 11 is 0. The van der Waals surface area contributed by atoms with Crippen LogP contribution < -0.4 is 5.73 Å². The summed E-state index contributed by atoms with van der Waals surface area (Å²) in [6, 6.07) is 0. The van der Waals surface area contributed by atoms with E-state index in [9.17, 15) is 0 Å². The van der Waals surface area contributed by atoms with E-state index in [1.165, 1.54) is 12.8 Å². The molecule has 4 nitrogen and oxygen atoms in total. The van der Waals surface area contributed by atoms with Crippen LogP contribution in [0, 0.1) is 16.7 Å². The summed E-state index contributed by atoms with van der Waals surface area (Å²) in [5.74, 6) is 0.967. The highest BCUT2D eigenvalue weighted by atomic mass is 16.5. The van der Waals surface area contributed by atoms with Gasteiger partial charge in [-0.15, -0.1) is 0 Å². The van der Waals surface area contributed by atoms with Gasteiger partial charge in [-0.25, -0.2) is 0 Å². The molecular weight excluding hydrogens is 204 g/mol. The molecule has 0 bridgehead atoms. The highest BCUT2D eigenvalue weighted by molar-refractivity contribution is 5.78. The van der Waals surface area contributed by atoms with Gasteiger partial charge in [0.1, 0.15) is 0 Å². The largest absolute Gasteiger partial charge is 0.388 e. The molecule has 16 heavy (non-hydrogen) atoms. The predicted molar refractivity (Wildman–Crippen MR) is 62.6 cm³/mol. The lowest BCUT2D eigenvalue weighted by Gasteiger charge is -2.23. The molecule has 4 heteroatoms. The molecule has 1 heterocycles. The van der Waals surface area contributed by atoms with Crippen molar-refractivity contribution in [2.75, 3.05) is 26.4 Å². The van der Waals surface area contributed by atoms with Crippen molar-refractivity contribution in [2.45, 2.75) is 32.1 Å². The Hall–Kier alpha value is -0.610. The van der Waals surface area contributed by atoms with Crippen molar-refractivity contribution in [2.24, 2.45) is 17.1 Å². The summed E-state index contributed by atoms with van der Waals surface area (Å²) in [7, 11) is 0. The number of amidine groups is 1. The number of rotatable bonds is 6. The Morgan fingerprint density at radius 1 is 1.38 bits per heavy atom. The van der Waals surface area contributed by atoms with Gasteiger partial charge in [-0.3, -0.25) is 5.41 Å². The molecule has 0 radical (unpaired) electrons. The average molecular weight is 226 g/mol. The molecule has 2 aliphatic rings. The van der Waals surface area contributed by atoms with Gasteiger partial charge in [-0.1, -0.05) is 0 Å². The van der Waals surface area contributed by atoms with Gasteiger partial charge >= 0.3 is 0 Å². The first-order chi connectivity index (χ1) is 7.70. The SMILES string of the molecule is N=C(N)CC1(COCC2CCOCC2)CC1. The lowest BCUT2D eigenvalue weighted by molar-refractivity contribution is 0.00895. The molecule has 2 rings (SSSR count). The van der Waals surface area contributed by atoms with Crippen LogP contribution in [0.15, 0.2) is 0 Å². The molecule has 1 saturated carbocycles. The van der Waals surface area contributed by atoms with Crippen LogP contribution in [-0.4, -0.2) is 32.3 Å². The van der Waals surface area contributed by atoms with E-state index in [0.29, 0.717) is 18.2 Å². The minimum absolute atomic E-state index is 0.219. The fraction of sp³-hybridized carbons (Fsp3) is 0.917. The second-order valence-electron chi connectivity index (χ2n) is 5.27. The topological polar surface area (TPSA) is 68.3 Å². The maximum Gasteiger partial charge on any atom is 0.0911 e. The molecule has 1 saturated heterocycles. The molecular formula is C12H22N2O2. The summed E-state index contributed by atoms with van der Waals surface area (Å²) in [5, 5.41) is 7.33. The van der Waals surface area contributed by atoms with Gasteiger partial charge in [0.05, 0.1) is 12.4 Å². The highest BCUT2D eigenvalue weighted by Crippen LogP contribution is 2.48. The predicted octanol–water partition coefficient (Wildman–Crippen LogP) is 1.54. The van der Waals surface area contributed by atoms with E-state index in [1.807, 2.05) is 0 Å². The van der Waals surface area contributed by atoms with Crippen LogP contribution in [0.1, 0.15) is 32.1 Å². The normalized spacial score (nSPS) is 24.2. The quantitative estimate of drug-likeness (QED) is 0.533. The van der Waals surface area contributed by atoms with Crippen LogP contribution >= 0.6 is 0 Å². The first-order valence-corrected chi connectivity index (χ1v) is 6.19. The summed E-state index contributed by atoms with van der Waals surface area (Å²) in [6.45, 7) is 3.40. The minimum atomic E-state index is 0.219. The van der Waals surface area contributed by atoms with Crippen molar-refractivity contribution in [3.63, 3.8) is 0 Å². The molecule has 0 spiro atoms. The number of ether oxygens (including phenoxy) is 2. The Kier molecular flexibility index (Phi) is 3.82. The van der Waals surface area contributed by atoms with E-state index >= 15 is 0 Å². The summed E-state index contributed by atoms with van der Waals surface area (Å²) in [4.78, 5) is 0. The number of hydrogen-bond acceptors (Lipinski definition) is 3. The maximum absolute atomic E-state index is 7.33. The van der Waals surface area contributed by atoms with Crippen molar-refractivity contribution in [1.29, 1.82) is 5.41 Å². The lowest BCUT2D eigenvalue weighted by Crippen LogP contribution is -2.24. The van der Waals surface area contributed by atoms with Gasteiger partial charge in [0.15, 0.2) is 0 Å². The highest BCUT2D eigenvalue weighted by Gasteiger charge is 2.43. The molecule has 3 N–H and O–H groups in total. The zero-order chi connectivity index (χ0) is 11.4. The molecule has 1 aliphatic heterocycles. The monoisotopic (exact) mass is 226 g/mol. The van der Waals surface area contributed by atoms with Gasteiger partial charge in [0.2, 0.25) is 0 Å². The molecule has 92 valence electrons. The lowest BCUT2D eigenvalue weighted by atomic mass is 10.0. The van der Waals surface area contributed by atoms with Crippen LogP contribution in [0.2, 0.25) is 0 Å². The average Bonchev–Trinajstić information content (AvgIpc) is 2.99. The minimum Gasteiger partial charge on any atom is -0.388 e. The third kappa shape index (κ3) is 3.46. The van der Waals surface area contributed by atoms with Crippen LogP contribution in [0.5, 0.6) is 0 Å². The Morgan fingerprint density at radius 2 is 2.06 bits per heavy atom. The van der Waals surface area contributed by atoms with Gasteiger partial charge in [0, 0.05) is 31.7 Å². The Balaban J connectivity index is 1.62. The van der Waals surface area contributed by atoms with Crippen molar-refractivity contribution in [1.82, 2.24) is 0 Å². The van der Waals surface area contributed by atoms with E-state index in [1.54, 1.807) is 0 Å². The molecule has 2 fully saturated rings. The second-order valence-corrected chi connectivity index (χ2v) is 5.27. The van der Waals surface area contributed by atoms with Gasteiger partial charge in [-0.2, -0.15) is 0 Å². The van der Waals surface area contributed by atoms with Gasteiger partial charge < -0.3 is 15.2 Å². The zero-order valence-electron chi connectivity index (χ0n) is 9.84. The van der Waals surface area contributed by atoms with E-state index in [0.717, 1.165) is 39.3 Å². The summed E-state index contributed by atoms with van der Waals surface area (Å²) in [6.07, 6.45) is 5.29. The van der Waals surface area contributed by atoms with Crippen molar-refractivity contribution < 1.29 is 9.47 Å². The van der Waals surface area contributed by atoms with E-state index in [-0.39, 0.29) is 5.41 Å². The molecule has 0 aromatic carbocycles. The Bertz CT molecular complexity index is 245. The number of nitrogens with one attached hydrogen (secondary N) is 1. The van der Waals surface area contributed by atoms with Crippen LogP contribution in [0.3, 0.4) is 0 Å². The fourth-order valence-corrected chi connectivity index (χ4v) is 2.31. The first kappa shape index (κ1) is 11.9. The summed E-state index contributed by atoms with van der Waals surface area (Å²) in [5.41, 5.74) is 5.66. The standard InChI is InChI=1S/C12H22N2O2/c13-11(14)7-12(3-4-12)9-16-8-10-1-5-15-6-2-10/h10H,1-9H2,(H3,13,14). The molecule has 0 unspecified atom stereocenters. The molecule has 0 atom stereocenters. The van der Waals surface area contributed by atoms with E-state index in [4.69, 9.17) is 20.6 Å². The molecule has 1 aliphatic carbocycles. The smallest absolute Gasteiger partial charge is 0.0911 e. The van der Waals surface area contributed by atoms with Crippen LogP contribution in [0.25, 0.3) is 0 Å². The number of nitrogens with two attached hydrogens (primary N) is 1. The fourth-order valence-electron chi connectivity index (χ4n) is 2.31. The Labute approximate surface area is 97.0 Å². The van der Waals surface area contributed by atoms with Gasteiger partial charge in [-0.05, 0) is 31.6 Å². The molecule has 0 amide bonds. The summed E-state index contributed by atoms with van der Waals surface area (Å²) < 4.78 is 11.1. The third-order valence-electron chi connectivity index (χ3n) is 3.63. The number of hydrogen-bond donors (Lipinski definition) is 2. The third-order valence-corrected chi connectivity index (χ3v) is 3.63. The zero-order valence-corrected chi connectivity index (χ0v) is 9.84. The van der Waals surface area contributed by atoms with Crippen molar-refractivity contribution in [3.05, 3.63) is 0 Å². The first-order valence-electron chi connectivity index (χ1n) is 6.19. The van der Waals surface area contributed by atoms with Gasteiger partial charge in [0.25, 0.3) is 0 Å². The molecule has 0 aromatic rings. The van der Waals surface area contributed by atoms with E-state index < -0.39 is 0 Å². The van der Waals surface area contributed by atoms with Crippen LogP contribution in [0.4, 0.5) is 0 Å². The van der Waals surface area contributed by atoms with Crippen LogP contribution in [-0.2, 0) is 9.47 Å². The maximum atomic E-state index is 7.33. The van der Waals surface area contributed by atoms with E-state index in [2.05, 4.69) is 0 Å². The van der Waals surface area contributed by atoms with Crippen molar-refractivity contribution in [3.8, 4) is 0 Å². The Morgan fingerprint density at radius 3 is 2.62 bits per heavy atom.